The summed E-state index contributed by atoms with van der Waals surface area (Å²) in [4.78, 5) is 24.2. The average molecular weight is 359 g/mol. The Morgan fingerprint density at radius 2 is 2.16 bits per heavy atom. The van der Waals surface area contributed by atoms with Crippen LogP contribution >= 0.6 is 11.3 Å². The van der Waals surface area contributed by atoms with Crippen LogP contribution in [0.3, 0.4) is 0 Å². The standard InChI is InChI=1S/C19H25N3O2S/c1-13-20-16(11-19(23)21-13)14-6-8-22(9-7-14)12-15-4-5-18(25-15)17-3-2-10-24-17/h4-5,11,14,17H,2-3,6-10,12H2,1H3,(H,20,21,23)/t17-/m1/s1. The maximum atomic E-state index is 11.7. The van der Waals surface area contributed by atoms with E-state index in [0.29, 0.717) is 17.8 Å². The molecule has 0 bridgehead atoms. The van der Waals surface area contributed by atoms with Crippen LogP contribution in [-0.2, 0) is 11.3 Å². The van der Waals surface area contributed by atoms with Crippen molar-refractivity contribution in [1.82, 2.24) is 14.9 Å². The van der Waals surface area contributed by atoms with Crippen molar-refractivity contribution < 1.29 is 4.74 Å². The minimum absolute atomic E-state index is 0.0369. The molecule has 2 fully saturated rings. The van der Waals surface area contributed by atoms with Gasteiger partial charge in [0.05, 0.1) is 11.8 Å². The van der Waals surface area contributed by atoms with Gasteiger partial charge in [0.2, 0.25) is 0 Å². The lowest BCUT2D eigenvalue weighted by Crippen LogP contribution is -2.32. The Kier molecular flexibility index (Phi) is 5.01. The third-order valence-electron chi connectivity index (χ3n) is 5.19. The van der Waals surface area contributed by atoms with Crippen LogP contribution in [0.5, 0.6) is 0 Å². The van der Waals surface area contributed by atoms with Gasteiger partial charge in [0.15, 0.2) is 0 Å². The summed E-state index contributed by atoms with van der Waals surface area (Å²) in [7, 11) is 0. The Hall–Kier alpha value is -1.50. The smallest absolute Gasteiger partial charge is 0.251 e. The highest BCUT2D eigenvalue weighted by atomic mass is 32.1. The summed E-state index contributed by atoms with van der Waals surface area (Å²) < 4.78 is 5.79. The number of ether oxygens (including phenoxy) is 1. The number of nitrogens with zero attached hydrogens (tertiary/aromatic N) is 2. The number of piperidine rings is 1. The number of thiophene rings is 1. The number of hydrogen-bond donors (Lipinski definition) is 1. The van der Waals surface area contributed by atoms with Gasteiger partial charge < -0.3 is 9.72 Å². The van der Waals surface area contributed by atoms with Crippen molar-refractivity contribution in [2.45, 2.75) is 51.2 Å². The number of hydrogen-bond acceptors (Lipinski definition) is 5. The van der Waals surface area contributed by atoms with Gasteiger partial charge in [-0.15, -0.1) is 11.3 Å². The number of H-pyrrole nitrogens is 1. The van der Waals surface area contributed by atoms with E-state index in [1.807, 2.05) is 18.3 Å². The van der Waals surface area contributed by atoms with E-state index < -0.39 is 0 Å². The van der Waals surface area contributed by atoms with Crippen LogP contribution in [0.4, 0.5) is 0 Å². The average Bonchev–Trinajstić information content (AvgIpc) is 3.26. The summed E-state index contributed by atoms with van der Waals surface area (Å²) >= 11 is 1.90. The van der Waals surface area contributed by atoms with Crippen LogP contribution in [-0.4, -0.2) is 34.6 Å². The van der Waals surface area contributed by atoms with E-state index in [9.17, 15) is 4.79 Å². The summed E-state index contributed by atoms with van der Waals surface area (Å²) in [5.41, 5.74) is 0.919. The zero-order valence-corrected chi connectivity index (χ0v) is 15.5. The predicted octanol–water partition coefficient (Wildman–Crippen LogP) is 3.37. The van der Waals surface area contributed by atoms with E-state index in [0.717, 1.165) is 51.2 Å². The Labute approximate surface area is 152 Å². The fourth-order valence-corrected chi connectivity index (χ4v) is 5.01. The van der Waals surface area contributed by atoms with Gasteiger partial charge in [-0.05, 0) is 57.8 Å². The second-order valence-electron chi connectivity index (χ2n) is 7.11. The first kappa shape index (κ1) is 16.9. The normalized spacial score (nSPS) is 22.5. The van der Waals surface area contributed by atoms with Gasteiger partial charge >= 0.3 is 0 Å². The van der Waals surface area contributed by atoms with Gasteiger partial charge in [0.1, 0.15) is 5.82 Å². The first-order valence-corrected chi connectivity index (χ1v) is 9.99. The van der Waals surface area contributed by atoms with Gasteiger partial charge in [-0.25, -0.2) is 4.98 Å². The van der Waals surface area contributed by atoms with Crippen molar-refractivity contribution in [1.29, 1.82) is 0 Å². The molecule has 0 unspecified atom stereocenters. The van der Waals surface area contributed by atoms with Crippen LogP contribution in [0.25, 0.3) is 0 Å². The zero-order valence-electron chi connectivity index (χ0n) is 14.7. The molecule has 6 heteroatoms. The number of aryl methyl sites for hydroxylation is 1. The molecule has 1 atom stereocenters. The van der Waals surface area contributed by atoms with Crippen molar-refractivity contribution in [3.63, 3.8) is 0 Å². The van der Waals surface area contributed by atoms with E-state index in [4.69, 9.17) is 4.74 Å². The summed E-state index contributed by atoms with van der Waals surface area (Å²) in [5.74, 6) is 1.12. The minimum atomic E-state index is -0.0369. The van der Waals surface area contributed by atoms with Crippen molar-refractivity contribution in [3.8, 4) is 0 Å². The largest absolute Gasteiger partial charge is 0.373 e. The SMILES string of the molecule is Cc1nc(C2CCN(Cc3ccc([C@H]4CCCO4)s3)CC2)cc(=O)[nH]1. The fourth-order valence-electron chi connectivity index (χ4n) is 3.87. The Morgan fingerprint density at radius 1 is 1.32 bits per heavy atom. The van der Waals surface area contributed by atoms with E-state index in [-0.39, 0.29) is 5.56 Å². The molecule has 0 saturated carbocycles. The molecule has 134 valence electrons. The molecule has 2 saturated heterocycles. The Morgan fingerprint density at radius 3 is 2.88 bits per heavy atom. The first-order chi connectivity index (χ1) is 12.2. The second kappa shape index (κ2) is 7.40. The highest BCUT2D eigenvalue weighted by Crippen LogP contribution is 2.34. The maximum Gasteiger partial charge on any atom is 0.251 e. The van der Waals surface area contributed by atoms with Gasteiger partial charge in [0, 0.05) is 34.9 Å². The molecular formula is C19H25N3O2S. The summed E-state index contributed by atoms with van der Waals surface area (Å²) in [6.45, 7) is 5.90. The van der Waals surface area contributed by atoms with Crippen molar-refractivity contribution in [2.75, 3.05) is 19.7 Å². The van der Waals surface area contributed by atoms with Gasteiger partial charge in [0.25, 0.3) is 5.56 Å². The topological polar surface area (TPSA) is 58.2 Å². The molecule has 0 aromatic carbocycles. The predicted molar refractivity (Wildman–Crippen MR) is 99.1 cm³/mol. The van der Waals surface area contributed by atoms with Gasteiger partial charge in [-0.3, -0.25) is 9.69 Å². The van der Waals surface area contributed by atoms with E-state index >= 15 is 0 Å². The molecule has 0 aliphatic carbocycles. The molecule has 25 heavy (non-hydrogen) atoms. The molecular weight excluding hydrogens is 334 g/mol. The minimum Gasteiger partial charge on any atom is -0.373 e. The third-order valence-corrected chi connectivity index (χ3v) is 6.36. The van der Waals surface area contributed by atoms with Crippen LogP contribution in [0.2, 0.25) is 0 Å². The van der Waals surface area contributed by atoms with Crippen LogP contribution in [0, 0.1) is 6.92 Å². The van der Waals surface area contributed by atoms with Gasteiger partial charge in [-0.2, -0.15) is 0 Å². The van der Waals surface area contributed by atoms with Crippen LogP contribution < -0.4 is 5.56 Å². The molecule has 0 amide bonds. The fraction of sp³-hybridized carbons (Fsp3) is 0.579. The molecule has 2 aromatic heterocycles. The number of likely N-dealkylation sites (tertiary alicyclic amines) is 1. The summed E-state index contributed by atoms with van der Waals surface area (Å²) in [6.07, 6.45) is 4.81. The second-order valence-corrected chi connectivity index (χ2v) is 8.31. The Balaban J connectivity index is 1.33. The van der Waals surface area contributed by atoms with Crippen LogP contribution in [0.15, 0.2) is 23.0 Å². The molecule has 2 aliphatic heterocycles. The number of rotatable bonds is 4. The highest BCUT2D eigenvalue weighted by Gasteiger charge is 2.24. The molecule has 1 N–H and O–H groups in total. The van der Waals surface area contributed by atoms with Crippen molar-refractivity contribution >= 4 is 11.3 Å². The lowest BCUT2D eigenvalue weighted by Gasteiger charge is -2.31. The molecule has 2 aromatic rings. The van der Waals surface area contributed by atoms with E-state index in [1.165, 1.54) is 16.2 Å². The molecule has 0 radical (unpaired) electrons. The lowest BCUT2D eigenvalue weighted by molar-refractivity contribution is 0.114. The number of aromatic amines is 1. The Bertz CT molecular complexity index is 771. The quantitative estimate of drug-likeness (QED) is 0.909. The van der Waals surface area contributed by atoms with Crippen molar-refractivity contribution in [2.24, 2.45) is 0 Å². The number of nitrogens with one attached hydrogen (secondary N) is 1. The molecule has 4 heterocycles. The van der Waals surface area contributed by atoms with E-state index in [1.54, 1.807) is 6.07 Å². The molecule has 0 spiro atoms. The molecule has 5 nitrogen and oxygen atoms in total. The van der Waals surface area contributed by atoms with Crippen molar-refractivity contribution in [3.05, 3.63) is 49.8 Å². The molecule has 2 aliphatic rings. The maximum absolute atomic E-state index is 11.7. The van der Waals surface area contributed by atoms with Gasteiger partial charge in [-0.1, -0.05) is 0 Å². The first-order valence-electron chi connectivity index (χ1n) is 9.18. The zero-order chi connectivity index (χ0) is 17.2. The highest BCUT2D eigenvalue weighted by molar-refractivity contribution is 7.12. The lowest BCUT2D eigenvalue weighted by atomic mass is 9.93. The molecule has 4 rings (SSSR count). The summed E-state index contributed by atoms with van der Waals surface area (Å²) in [6, 6.07) is 6.17. The summed E-state index contributed by atoms with van der Waals surface area (Å²) in [5, 5.41) is 0. The van der Waals surface area contributed by atoms with E-state index in [2.05, 4.69) is 27.0 Å². The third kappa shape index (κ3) is 4.02. The van der Waals surface area contributed by atoms with Crippen LogP contribution in [0.1, 0.15) is 59.0 Å². The number of aromatic nitrogens is 2. The monoisotopic (exact) mass is 359 g/mol.